The van der Waals surface area contributed by atoms with E-state index in [0.717, 1.165) is 10.6 Å². The van der Waals surface area contributed by atoms with Crippen LogP contribution < -0.4 is 0 Å². The summed E-state index contributed by atoms with van der Waals surface area (Å²) in [5.41, 5.74) is 2.01. The Morgan fingerprint density at radius 2 is 2.00 bits per heavy atom. The van der Waals surface area contributed by atoms with E-state index in [2.05, 4.69) is 4.98 Å². The van der Waals surface area contributed by atoms with Crippen LogP contribution in [0.1, 0.15) is 35.0 Å². The zero-order chi connectivity index (χ0) is 18.8. The molecule has 1 amide bonds. The van der Waals surface area contributed by atoms with Crippen molar-refractivity contribution in [3.63, 3.8) is 0 Å². The molecule has 3 aromatic rings. The number of furan rings is 1. The average Bonchev–Trinajstić information content (AvgIpc) is 3.39. The number of halogens is 1. The van der Waals surface area contributed by atoms with Crippen molar-refractivity contribution in [2.75, 3.05) is 13.1 Å². The average molecular weight is 386 g/mol. The number of likely N-dealkylation sites (tertiary alicyclic amines) is 1. The zero-order valence-corrected chi connectivity index (χ0v) is 15.4. The van der Waals surface area contributed by atoms with Crippen LogP contribution in [-0.2, 0) is 0 Å². The van der Waals surface area contributed by atoms with Gasteiger partial charge in [0.1, 0.15) is 22.8 Å². The second-order valence-electron chi connectivity index (χ2n) is 6.68. The Kier molecular flexibility index (Phi) is 5.05. The number of amides is 1. The summed E-state index contributed by atoms with van der Waals surface area (Å²) < 4.78 is 18.1. The molecule has 0 bridgehead atoms. The molecule has 0 spiro atoms. The maximum absolute atomic E-state index is 13.0. The van der Waals surface area contributed by atoms with E-state index in [-0.39, 0.29) is 17.6 Å². The number of nitrogens with zero attached hydrogens (tertiary/aromatic N) is 2. The van der Waals surface area contributed by atoms with Crippen LogP contribution >= 0.6 is 11.3 Å². The highest BCUT2D eigenvalue weighted by Crippen LogP contribution is 2.32. The molecular formula is C20H19FN2O3S. The molecule has 5 nitrogen and oxygen atoms in total. The third kappa shape index (κ3) is 3.79. The summed E-state index contributed by atoms with van der Waals surface area (Å²) in [6.45, 7) is 1.14. The van der Waals surface area contributed by atoms with Crippen molar-refractivity contribution in [2.24, 2.45) is 5.92 Å². The first-order valence-electron chi connectivity index (χ1n) is 8.83. The fraction of sp³-hybridized carbons (Fsp3) is 0.300. The third-order valence-corrected chi connectivity index (χ3v) is 5.87. The van der Waals surface area contributed by atoms with Gasteiger partial charge in [-0.3, -0.25) is 4.79 Å². The molecule has 7 heteroatoms. The van der Waals surface area contributed by atoms with Crippen LogP contribution in [0.5, 0.6) is 0 Å². The second-order valence-corrected chi connectivity index (χ2v) is 7.53. The van der Waals surface area contributed by atoms with Gasteiger partial charge < -0.3 is 14.4 Å². The second kappa shape index (κ2) is 7.62. The van der Waals surface area contributed by atoms with E-state index in [1.807, 2.05) is 6.07 Å². The number of hydrogen-bond acceptors (Lipinski definition) is 5. The van der Waals surface area contributed by atoms with Gasteiger partial charge in [0.15, 0.2) is 0 Å². The van der Waals surface area contributed by atoms with Crippen molar-refractivity contribution in [2.45, 2.75) is 18.9 Å². The Labute approximate surface area is 160 Å². The maximum atomic E-state index is 13.0. The number of carbonyl (C=O) groups is 1. The van der Waals surface area contributed by atoms with E-state index in [0.29, 0.717) is 37.2 Å². The minimum absolute atomic E-state index is 0.0523. The van der Waals surface area contributed by atoms with Gasteiger partial charge in [-0.15, -0.1) is 11.3 Å². The van der Waals surface area contributed by atoms with Crippen molar-refractivity contribution >= 4 is 17.2 Å². The van der Waals surface area contributed by atoms with Crippen LogP contribution in [0.25, 0.3) is 10.6 Å². The van der Waals surface area contributed by atoms with Gasteiger partial charge >= 0.3 is 0 Å². The SMILES string of the molecule is O=C(c1csc(-c2ccoc2)n1)N1CCC(C(O)c2ccc(F)cc2)CC1. The number of aliphatic hydroxyl groups excluding tert-OH is 1. The number of piperidine rings is 1. The molecule has 0 aliphatic carbocycles. The van der Waals surface area contributed by atoms with Crippen molar-refractivity contribution in [1.82, 2.24) is 9.88 Å². The number of rotatable bonds is 4. The molecule has 1 aliphatic heterocycles. The number of hydrogen-bond donors (Lipinski definition) is 1. The van der Waals surface area contributed by atoms with Crippen molar-refractivity contribution in [3.8, 4) is 10.6 Å². The molecule has 2 aromatic heterocycles. The van der Waals surface area contributed by atoms with Crippen LogP contribution in [0.2, 0.25) is 0 Å². The van der Waals surface area contributed by atoms with Crippen LogP contribution in [0.3, 0.4) is 0 Å². The van der Waals surface area contributed by atoms with Gasteiger partial charge in [0, 0.05) is 24.0 Å². The van der Waals surface area contributed by atoms with Gasteiger partial charge in [-0.2, -0.15) is 0 Å². The Bertz CT molecular complexity index is 900. The van der Waals surface area contributed by atoms with Gasteiger partial charge in [-0.25, -0.2) is 9.37 Å². The van der Waals surface area contributed by atoms with Crippen LogP contribution in [-0.4, -0.2) is 34.0 Å². The molecule has 0 saturated carbocycles. The minimum Gasteiger partial charge on any atom is -0.472 e. The standard InChI is InChI=1S/C20H19FN2O3S/c21-16-3-1-13(2-4-16)18(24)14-5-8-23(9-6-14)20(25)17-12-27-19(22-17)15-7-10-26-11-15/h1-4,7,10-12,14,18,24H,5-6,8-9H2. The lowest BCUT2D eigenvalue weighted by Gasteiger charge is -2.34. The van der Waals surface area contributed by atoms with Gasteiger partial charge in [0.2, 0.25) is 0 Å². The lowest BCUT2D eigenvalue weighted by molar-refractivity contribution is 0.0459. The number of aliphatic hydroxyl groups is 1. The van der Waals surface area contributed by atoms with Gasteiger partial charge in [-0.1, -0.05) is 12.1 Å². The summed E-state index contributed by atoms with van der Waals surface area (Å²) in [5, 5.41) is 13.1. The van der Waals surface area contributed by atoms with Crippen LogP contribution in [0.4, 0.5) is 4.39 Å². The maximum Gasteiger partial charge on any atom is 0.273 e. The zero-order valence-electron chi connectivity index (χ0n) is 14.5. The lowest BCUT2D eigenvalue weighted by atomic mass is 9.87. The molecule has 1 fully saturated rings. The van der Waals surface area contributed by atoms with Gasteiger partial charge in [-0.05, 0) is 42.5 Å². The molecule has 1 aliphatic rings. The summed E-state index contributed by atoms with van der Waals surface area (Å²) >= 11 is 1.41. The van der Waals surface area contributed by atoms with E-state index >= 15 is 0 Å². The third-order valence-electron chi connectivity index (χ3n) is 4.98. The summed E-state index contributed by atoms with van der Waals surface area (Å²) in [7, 11) is 0. The summed E-state index contributed by atoms with van der Waals surface area (Å²) in [5.74, 6) is -0.350. The van der Waals surface area contributed by atoms with E-state index in [9.17, 15) is 14.3 Å². The summed E-state index contributed by atoms with van der Waals surface area (Å²) in [6.07, 6.45) is 3.94. The van der Waals surface area contributed by atoms with Crippen molar-refractivity contribution in [1.29, 1.82) is 0 Å². The molecule has 140 valence electrons. The predicted molar refractivity (Wildman–Crippen MR) is 99.8 cm³/mol. The smallest absolute Gasteiger partial charge is 0.273 e. The van der Waals surface area contributed by atoms with E-state index in [1.165, 1.54) is 23.5 Å². The number of carbonyl (C=O) groups excluding carboxylic acids is 1. The molecule has 0 radical (unpaired) electrons. The normalized spacial score (nSPS) is 16.4. The van der Waals surface area contributed by atoms with Gasteiger partial charge in [0.25, 0.3) is 5.91 Å². The highest BCUT2D eigenvalue weighted by molar-refractivity contribution is 7.13. The lowest BCUT2D eigenvalue weighted by Crippen LogP contribution is -2.39. The highest BCUT2D eigenvalue weighted by atomic mass is 32.1. The van der Waals surface area contributed by atoms with E-state index in [4.69, 9.17) is 4.42 Å². The molecule has 1 aromatic carbocycles. The minimum atomic E-state index is -0.644. The Morgan fingerprint density at radius 1 is 1.26 bits per heavy atom. The number of aromatic nitrogens is 1. The number of thiazole rings is 1. The molecule has 1 N–H and O–H groups in total. The van der Waals surface area contributed by atoms with Crippen molar-refractivity contribution < 1.29 is 18.7 Å². The molecule has 4 rings (SSSR count). The molecule has 3 heterocycles. The first-order valence-corrected chi connectivity index (χ1v) is 9.70. The summed E-state index contributed by atoms with van der Waals surface area (Å²) in [4.78, 5) is 18.9. The quantitative estimate of drug-likeness (QED) is 0.732. The Morgan fingerprint density at radius 3 is 2.67 bits per heavy atom. The van der Waals surface area contributed by atoms with Crippen molar-refractivity contribution in [3.05, 3.63) is 65.3 Å². The number of benzene rings is 1. The topological polar surface area (TPSA) is 66.6 Å². The first-order chi connectivity index (χ1) is 13.1. The predicted octanol–water partition coefficient (Wildman–Crippen LogP) is 4.13. The monoisotopic (exact) mass is 386 g/mol. The Balaban J connectivity index is 1.37. The summed E-state index contributed by atoms with van der Waals surface area (Å²) in [6, 6.07) is 7.76. The van der Waals surface area contributed by atoms with E-state index in [1.54, 1.807) is 34.9 Å². The van der Waals surface area contributed by atoms with Gasteiger partial charge in [0.05, 0.1) is 12.4 Å². The van der Waals surface area contributed by atoms with E-state index < -0.39 is 6.10 Å². The highest BCUT2D eigenvalue weighted by Gasteiger charge is 2.29. The molecule has 27 heavy (non-hydrogen) atoms. The van der Waals surface area contributed by atoms with Crippen LogP contribution in [0, 0.1) is 11.7 Å². The largest absolute Gasteiger partial charge is 0.472 e. The molecule has 1 unspecified atom stereocenters. The first kappa shape index (κ1) is 17.9. The Hall–Kier alpha value is -2.51. The molecule has 1 atom stereocenters. The molecule has 1 saturated heterocycles. The fourth-order valence-corrected chi connectivity index (χ4v) is 4.18. The van der Waals surface area contributed by atoms with Crippen LogP contribution in [0.15, 0.2) is 52.7 Å². The fourth-order valence-electron chi connectivity index (χ4n) is 3.40. The molecular weight excluding hydrogens is 367 g/mol.